The molecule has 0 unspecified atom stereocenters. The Morgan fingerprint density at radius 1 is 1.28 bits per heavy atom. The molecular formula is C22H23N5OS. The smallest absolute Gasteiger partial charge is 0.261 e. The lowest BCUT2D eigenvalue weighted by molar-refractivity contribution is 0.0957. The van der Waals surface area contributed by atoms with E-state index >= 15 is 0 Å². The van der Waals surface area contributed by atoms with Gasteiger partial charge in [0.2, 0.25) is 0 Å². The van der Waals surface area contributed by atoms with Gasteiger partial charge < -0.3 is 11.1 Å². The number of nitrogen functional groups attached to an aromatic ring is 1. The maximum absolute atomic E-state index is 12.4. The maximum atomic E-state index is 12.4. The largest absolute Gasteiger partial charge is 0.382 e. The van der Waals surface area contributed by atoms with Crippen molar-refractivity contribution in [2.24, 2.45) is 0 Å². The highest BCUT2D eigenvalue weighted by Gasteiger charge is 2.18. The molecule has 2 aromatic heterocycles. The van der Waals surface area contributed by atoms with Crippen LogP contribution in [-0.4, -0.2) is 22.2 Å². The molecule has 6 nitrogen and oxygen atoms in total. The first-order valence-electron chi connectivity index (χ1n) is 9.90. The minimum Gasteiger partial charge on any atom is -0.382 e. The van der Waals surface area contributed by atoms with E-state index in [1.165, 1.54) is 23.3 Å². The summed E-state index contributed by atoms with van der Waals surface area (Å²) in [7, 11) is 0. The molecule has 2 heterocycles. The summed E-state index contributed by atoms with van der Waals surface area (Å²) in [6.45, 7) is 0.532. The number of aromatic nitrogens is 2. The molecule has 0 spiro atoms. The highest BCUT2D eigenvalue weighted by Crippen LogP contribution is 2.29. The van der Waals surface area contributed by atoms with E-state index in [-0.39, 0.29) is 5.91 Å². The summed E-state index contributed by atoms with van der Waals surface area (Å²) in [4.78, 5) is 14.6. The zero-order chi connectivity index (χ0) is 20.2. The van der Waals surface area contributed by atoms with Crippen LogP contribution in [0.5, 0.6) is 0 Å². The number of amides is 1. The number of fused-ring (bicyclic) bond motifs is 1. The number of nitrogens with two attached hydrogens (primary N) is 1. The molecular weight excluding hydrogens is 382 g/mol. The fourth-order valence-corrected chi connectivity index (χ4v) is 4.86. The molecule has 148 valence electrons. The van der Waals surface area contributed by atoms with Crippen molar-refractivity contribution in [2.45, 2.75) is 38.5 Å². The standard InChI is InChI=1S/C22H23N5OS/c23-14-17-18(26-27(21(17)24)16-8-2-1-3-9-16)10-6-12-25-22(28)20-13-15-7-4-5-11-19(15)29-20/h1-3,8-9,13H,4-7,10-12,24H2,(H,25,28). The molecule has 7 heteroatoms. The van der Waals surface area contributed by atoms with Gasteiger partial charge in [0.1, 0.15) is 17.5 Å². The lowest BCUT2D eigenvalue weighted by Gasteiger charge is -2.08. The number of carbonyl (C=O) groups is 1. The van der Waals surface area contributed by atoms with Crippen LogP contribution in [0.4, 0.5) is 5.82 Å². The average molecular weight is 406 g/mol. The van der Waals surface area contributed by atoms with E-state index in [0.717, 1.165) is 23.4 Å². The van der Waals surface area contributed by atoms with Crippen LogP contribution < -0.4 is 11.1 Å². The number of nitriles is 1. The molecule has 3 aromatic rings. The molecule has 0 saturated carbocycles. The molecule has 0 aliphatic heterocycles. The van der Waals surface area contributed by atoms with Gasteiger partial charge in [-0.05, 0) is 62.3 Å². The number of hydrogen-bond donors (Lipinski definition) is 2. The maximum Gasteiger partial charge on any atom is 0.261 e. The van der Waals surface area contributed by atoms with Crippen LogP contribution in [0, 0.1) is 11.3 Å². The van der Waals surface area contributed by atoms with Gasteiger partial charge in [-0.25, -0.2) is 4.68 Å². The Bertz CT molecular complexity index is 1040. The molecule has 4 rings (SSSR count). The van der Waals surface area contributed by atoms with Crippen molar-refractivity contribution in [1.29, 1.82) is 5.26 Å². The number of aryl methyl sites for hydroxylation is 3. The van der Waals surface area contributed by atoms with Crippen molar-refractivity contribution in [1.82, 2.24) is 15.1 Å². The third-order valence-electron chi connectivity index (χ3n) is 5.20. The van der Waals surface area contributed by atoms with Crippen LogP contribution in [0.15, 0.2) is 36.4 Å². The predicted molar refractivity (Wildman–Crippen MR) is 114 cm³/mol. The number of thiophene rings is 1. The van der Waals surface area contributed by atoms with Gasteiger partial charge in [-0.2, -0.15) is 10.4 Å². The summed E-state index contributed by atoms with van der Waals surface area (Å²) < 4.78 is 1.60. The molecule has 1 aliphatic carbocycles. The van der Waals surface area contributed by atoms with Gasteiger partial charge in [-0.3, -0.25) is 4.79 Å². The van der Waals surface area contributed by atoms with E-state index in [4.69, 9.17) is 5.73 Å². The molecule has 0 saturated heterocycles. The summed E-state index contributed by atoms with van der Waals surface area (Å²) in [6, 6.07) is 13.7. The highest BCUT2D eigenvalue weighted by molar-refractivity contribution is 7.14. The van der Waals surface area contributed by atoms with Crippen LogP contribution in [0.25, 0.3) is 5.69 Å². The Labute approximate surface area is 174 Å². The number of anilines is 1. The second-order valence-electron chi connectivity index (χ2n) is 7.19. The molecule has 3 N–H and O–H groups in total. The zero-order valence-corrected chi connectivity index (χ0v) is 17.0. The number of nitrogens with zero attached hydrogens (tertiary/aromatic N) is 3. The van der Waals surface area contributed by atoms with Gasteiger partial charge in [0.25, 0.3) is 5.91 Å². The molecule has 0 atom stereocenters. The molecule has 0 fully saturated rings. The van der Waals surface area contributed by atoms with E-state index in [2.05, 4.69) is 16.5 Å². The summed E-state index contributed by atoms with van der Waals surface area (Å²) >= 11 is 1.62. The van der Waals surface area contributed by atoms with Gasteiger partial charge in [-0.1, -0.05) is 18.2 Å². The van der Waals surface area contributed by atoms with Crippen molar-refractivity contribution in [3.05, 3.63) is 63.0 Å². The topological polar surface area (TPSA) is 96.7 Å². The van der Waals surface area contributed by atoms with Crippen molar-refractivity contribution >= 4 is 23.1 Å². The summed E-state index contributed by atoms with van der Waals surface area (Å²) in [5.41, 5.74) is 9.36. The first-order valence-corrected chi connectivity index (χ1v) is 10.7. The molecule has 1 aliphatic rings. The Kier molecular flexibility index (Phi) is 5.63. The summed E-state index contributed by atoms with van der Waals surface area (Å²) in [5.74, 6) is 0.334. The monoisotopic (exact) mass is 405 g/mol. The van der Waals surface area contributed by atoms with Gasteiger partial charge in [0.15, 0.2) is 0 Å². The third-order valence-corrected chi connectivity index (χ3v) is 6.44. The van der Waals surface area contributed by atoms with E-state index in [1.54, 1.807) is 16.0 Å². The van der Waals surface area contributed by atoms with E-state index < -0.39 is 0 Å². The minimum atomic E-state index is -0.0146. The van der Waals surface area contributed by atoms with Gasteiger partial charge in [0.05, 0.1) is 16.3 Å². The summed E-state index contributed by atoms with van der Waals surface area (Å²) in [6.07, 6.45) is 5.88. The fraction of sp³-hybridized carbons (Fsp3) is 0.318. The second kappa shape index (κ2) is 8.50. The molecule has 1 aromatic carbocycles. The molecule has 0 bridgehead atoms. The minimum absolute atomic E-state index is 0.0146. The number of hydrogen-bond acceptors (Lipinski definition) is 5. The van der Waals surface area contributed by atoms with Gasteiger partial charge in [-0.15, -0.1) is 11.3 Å². The lowest BCUT2D eigenvalue weighted by atomic mass is 9.99. The fourth-order valence-electron chi connectivity index (χ4n) is 3.69. The van der Waals surface area contributed by atoms with E-state index in [9.17, 15) is 10.1 Å². The number of rotatable bonds is 6. The highest BCUT2D eigenvalue weighted by atomic mass is 32.1. The first kappa shape index (κ1) is 19.2. The number of para-hydroxylation sites is 1. The number of nitrogens with one attached hydrogen (secondary N) is 1. The van der Waals surface area contributed by atoms with Crippen LogP contribution >= 0.6 is 11.3 Å². The van der Waals surface area contributed by atoms with Crippen molar-refractivity contribution < 1.29 is 4.79 Å². The quantitative estimate of drug-likeness (QED) is 0.612. The third kappa shape index (κ3) is 4.03. The van der Waals surface area contributed by atoms with Crippen molar-refractivity contribution in [3.63, 3.8) is 0 Å². The molecule has 29 heavy (non-hydrogen) atoms. The normalized spacial score (nSPS) is 12.9. The van der Waals surface area contributed by atoms with Crippen molar-refractivity contribution in [3.8, 4) is 11.8 Å². The van der Waals surface area contributed by atoms with Gasteiger partial charge >= 0.3 is 0 Å². The van der Waals surface area contributed by atoms with Crippen LogP contribution in [0.3, 0.4) is 0 Å². The number of benzene rings is 1. The van der Waals surface area contributed by atoms with Gasteiger partial charge in [0, 0.05) is 11.4 Å². The van der Waals surface area contributed by atoms with E-state index in [0.29, 0.717) is 36.5 Å². The average Bonchev–Trinajstić information content (AvgIpc) is 3.32. The zero-order valence-electron chi connectivity index (χ0n) is 16.1. The Morgan fingerprint density at radius 3 is 2.83 bits per heavy atom. The summed E-state index contributed by atoms with van der Waals surface area (Å²) in [5, 5.41) is 17.0. The van der Waals surface area contributed by atoms with Crippen molar-refractivity contribution in [2.75, 3.05) is 12.3 Å². The van der Waals surface area contributed by atoms with Crippen LogP contribution in [0.2, 0.25) is 0 Å². The van der Waals surface area contributed by atoms with Crippen LogP contribution in [0.1, 0.15) is 50.6 Å². The molecule has 1 amide bonds. The Morgan fingerprint density at radius 2 is 2.07 bits per heavy atom. The van der Waals surface area contributed by atoms with E-state index in [1.807, 2.05) is 36.4 Å². The first-order chi connectivity index (χ1) is 14.2. The Balaban J connectivity index is 1.36. The lowest BCUT2D eigenvalue weighted by Crippen LogP contribution is -2.24. The second-order valence-corrected chi connectivity index (χ2v) is 8.33. The Hall–Kier alpha value is -3.11. The predicted octanol–water partition coefficient (Wildman–Crippen LogP) is 3.63. The number of carbonyl (C=O) groups excluding carboxylic acids is 1. The molecule has 0 radical (unpaired) electrons. The van der Waals surface area contributed by atoms with Crippen LogP contribution in [-0.2, 0) is 19.3 Å². The SMILES string of the molecule is N#Cc1c(CCCNC(=O)c2cc3c(s2)CCCC3)nn(-c2ccccc2)c1N.